The topological polar surface area (TPSA) is 34.4 Å². The van der Waals surface area contributed by atoms with Gasteiger partial charge in [-0.05, 0) is 44.5 Å². The fourth-order valence-corrected chi connectivity index (χ4v) is 2.58. The molecular formula is C17H23NO2. The Morgan fingerprint density at radius 1 is 1.25 bits per heavy atom. The molecule has 1 N–H and O–H groups in total. The van der Waals surface area contributed by atoms with E-state index in [1.807, 2.05) is 19.1 Å². The van der Waals surface area contributed by atoms with Gasteiger partial charge >= 0.3 is 0 Å². The first-order valence-corrected chi connectivity index (χ1v) is 7.06. The van der Waals surface area contributed by atoms with Crippen LogP contribution in [0.15, 0.2) is 34.9 Å². The first-order chi connectivity index (χ1) is 9.65. The highest BCUT2D eigenvalue weighted by atomic mass is 16.5. The maximum atomic E-state index is 5.48. The lowest BCUT2D eigenvalue weighted by Gasteiger charge is -2.19. The Hall–Kier alpha value is -1.74. The van der Waals surface area contributed by atoms with Gasteiger partial charge in [0.1, 0.15) is 11.5 Å². The van der Waals surface area contributed by atoms with Gasteiger partial charge in [0.15, 0.2) is 0 Å². The molecular weight excluding hydrogens is 250 g/mol. The van der Waals surface area contributed by atoms with E-state index in [9.17, 15) is 0 Å². The maximum absolute atomic E-state index is 5.48. The summed E-state index contributed by atoms with van der Waals surface area (Å²) < 4.78 is 10.9. The highest BCUT2D eigenvalue weighted by Crippen LogP contribution is 2.28. The first kappa shape index (κ1) is 14.7. The summed E-state index contributed by atoms with van der Waals surface area (Å²) in [4.78, 5) is 0. The van der Waals surface area contributed by atoms with Crippen molar-refractivity contribution in [3.63, 3.8) is 0 Å². The number of likely N-dealkylation sites (N-methyl/N-ethyl adjacent to an activating group) is 1. The lowest BCUT2D eigenvalue weighted by atomic mass is 9.97. The molecule has 1 unspecified atom stereocenters. The zero-order valence-corrected chi connectivity index (χ0v) is 12.7. The van der Waals surface area contributed by atoms with Gasteiger partial charge in [0.05, 0.1) is 13.4 Å². The van der Waals surface area contributed by atoms with Crippen LogP contribution in [0.25, 0.3) is 0 Å². The van der Waals surface area contributed by atoms with Crippen molar-refractivity contribution in [3.8, 4) is 5.75 Å². The Kier molecular flexibility index (Phi) is 4.85. The van der Waals surface area contributed by atoms with Crippen molar-refractivity contribution < 1.29 is 9.15 Å². The van der Waals surface area contributed by atoms with Crippen molar-refractivity contribution in [3.05, 3.63) is 53.0 Å². The summed E-state index contributed by atoms with van der Waals surface area (Å²) in [5, 5.41) is 3.53. The molecule has 20 heavy (non-hydrogen) atoms. The van der Waals surface area contributed by atoms with E-state index in [1.54, 1.807) is 13.4 Å². The van der Waals surface area contributed by atoms with Crippen LogP contribution >= 0.6 is 0 Å². The minimum Gasteiger partial charge on any atom is -0.496 e. The number of nitrogens with one attached hydrogen (secondary N) is 1. The van der Waals surface area contributed by atoms with Gasteiger partial charge in [-0.15, -0.1) is 0 Å². The molecule has 0 radical (unpaired) electrons. The number of benzene rings is 1. The largest absolute Gasteiger partial charge is 0.496 e. The molecule has 0 aliphatic carbocycles. The molecule has 0 spiro atoms. The molecule has 2 rings (SSSR count). The van der Waals surface area contributed by atoms with Gasteiger partial charge in [-0.25, -0.2) is 0 Å². The fraction of sp³-hybridized carbons (Fsp3) is 0.412. The van der Waals surface area contributed by atoms with Crippen molar-refractivity contribution in [2.75, 3.05) is 13.7 Å². The van der Waals surface area contributed by atoms with Crippen LogP contribution in [0.4, 0.5) is 0 Å². The minimum atomic E-state index is 0.245. The quantitative estimate of drug-likeness (QED) is 0.869. The van der Waals surface area contributed by atoms with E-state index in [1.165, 1.54) is 16.7 Å². The average Bonchev–Trinajstić information content (AvgIpc) is 2.85. The molecule has 3 nitrogen and oxygen atoms in total. The third-order valence-electron chi connectivity index (χ3n) is 3.58. The molecule has 1 aromatic carbocycles. The Labute approximate surface area is 121 Å². The standard InChI is InChI=1S/C17H23NO2/c1-5-18-16(15-8-9-20-13(15)3)11-14-10-12(2)6-7-17(14)19-4/h6-10,16,18H,5,11H2,1-4H3. The van der Waals surface area contributed by atoms with Gasteiger partial charge in [0.25, 0.3) is 0 Å². The van der Waals surface area contributed by atoms with Crippen LogP contribution in [0.5, 0.6) is 5.75 Å². The SMILES string of the molecule is CCNC(Cc1cc(C)ccc1OC)c1ccoc1C. The van der Waals surface area contributed by atoms with Gasteiger partial charge in [0, 0.05) is 11.6 Å². The van der Waals surface area contributed by atoms with Gasteiger partial charge in [-0.1, -0.05) is 24.6 Å². The van der Waals surface area contributed by atoms with E-state index in [4.69, 9.17) is 9.15 Å². The molecule has 0 saturated carbocycles. The summed E-state index contributed by atoms with van der Waals surface area (Å²) in [7, 11) is 1.72. The van der Waals surface area contributed by atoms with Gasteiger partial charge in [-0.3, -0.25) is 0 Å². The second-order valence-corrected chi connectivity index (χ2v) is 5.06. The van der Waals surface area contributed by atoms with Crippen molar-refractivity contribution in [2.24, 2.45) is 0 Å². The number of aryl methyl sites for hydroxylation is 2. The van der Waals surface area contributed by atoms with Crippen molar-refractivity contribution in [1.82, 2.24) is 5.32 Å². The highest BCUT2D eigenvalue weighted by Gasteiger charge is 2.17. The summed E-state index contributed by atoms with van der Waals surface area (Å²) in [5.41, 5.74) is 3.69. The number of methoxy groups -OCH3 is 1. The van der Waals surface area contributed by atoms with Crippen LogP contribution in [0.2, 0.25) is 0 Å². The lowest BCUT2D eigenvalue weighted by molar-refractivity contribution is 0.405. The summed E-state index contributed by atoms with van der Waals surface area (Å²) in [5.74, 6) is 1.92. The van der Waals surface area contributed by atoms with Crippen molar-refractivity contribution in [2.45, 2.75) is 33.2 Å². The van der Waals surface area contributed by atoms with E-state index >= 15 is 0 Å². The van der Waals surface area contributed by atoms with Crippen LogP contribution in [0, 0.1) is 13.8 Å². The van der Waals surface area contributed by atoms with Crippen LogP contribution in [0.1, 0.15) is 35.4 Å². The lowest BCUT2D eigenvalue weighted by Crippen LogP contribution is -2.23. The number of furan rings is 1. The van der Waals surface area contributed by atoms with E-state index in [0.29, 0.717) is 0 Å². The van der Waals surface area contributed by atoms with Gasteiger partial charge in [-0.2, -0.15) is 0 Å². The van der Waals surface area contributed by atoms with Crippen molar-refractivity contribution in [1.29, 1.82) is 0 Å². The van der Waals surface area contributed by atoms with E-state index < -0.39 is 0 Å². The maximum Gasteiger partial charge on any atom is 0.122 e. The zero-order valence-electron chi connectivity index (χ0n) is 12.7. The normalized spacial score (nSPS) is 12.4. The molecule has 0 aliphatic heterocycles. The summed E-state index contributed by atoms with van der Waals surface area (Å²) >= 11 is 0. The van der Waals surface area contributed by atoms with Gasteiger partial charge < -0.3 is 14.5 Å². The molecule has 0 aliphatic rings. The fourth-order valence-electron chi connectivity index (χ4n) is 2.58. The van der Waals surface area contributed by atoms with Crippen LogP contribution in [0.3, 0.4) is 0 Å². The molecule has 2 aromatic rings. The highest BCUT2D eigenvalue weighted by molar-refractivity contribution is 5.38. The number of rotatable bonds is 6. The molecule has 0 bridgehead atoms. The van der Waals surface area contributed by atoms with Crippen LogP contribution in [-0.2, 0) is 6.42 Å². The van der Waals surface area contributed by atoms with Crippen LogP contribution in [-0.4, -0.2) is 13.7 Å². The predicted molar refractivity (Wildman–Crippen MR) is 81.3 cm³/mol. The van der Waals surface area contributed by atoms with Gasteiger partial charge in [0.2, 0.25) is 0 Å². The molecule has 1 aromatic heterocycles. The smallest absolute Gasteiger partial charge is 0.122 e. The van der Waals surface area contributed by atoms with E-state index in [0.717, 1.165) is 24.5 Å². The minimum absolute atomic E-state index is 0.245. The third-order valence-corrected chi connectivity index (χ3v) is 3.58. The average molecular weight is 273 g/mol. The molecule has 1 atom stereocenters. The molecule has 108 valence electrons. The second-order valence-electron chi connectivity index (χ2n) is 5.06. The Bertz CT molecular complexity index is 560. The Morgan fingerprint density at radius 2 is 2.05 bits per heavy atom. The van der Waals surface area contributed by atoms with E-state index in [-0.39, 0.29) is 6.04 Å². The summed E-state index contributed by atoms with van der Waals surface area (Å²) in [6, 6.07) is 8.60. The number of ether oxygens (including phenoxy) is 1. The number of hydrogen-bond acceptors (Lipinski definition) is 3. The molecule has 0 fully saturated rings. The monoisotopic (exact) mass is 273 g/mol. The summed E-state index contributed by atoms with van der Waals surface area (Å²) in [6.45, 7) is 7.15. The van der Waals surface area contributed by atoms with Crippen molar-refractivity contribution >= 4 is 0 Å². The van der Waals surface area contributed by atoms with Crippen LogP contribution < -0.4 is 10.1 Å². The predicted octanol–water partition coefficient (Wildman–Crippen LogP) is 3.80. The number of hydrogen-bond donors (Lipinski definition) is 1. The Balaban J connectivity index is 2.29. The second kappa shape index (κ2) is 6.62. The molecule has 3 heteroatoms. The van der Waals surface area contributed by atoms with E-state index in [2.05, 4.69) is 31.3 Å². The Morgan fingerprint density at radius 3 is 2.65 bits per heavy atom. The first-order valence-electron chi connectivity index (χ1n) is 7.06. The molecule has 0 amide bonds. The molecule has 1 heterocycles. The molecule has 0 saturated heterocycles. The summed E-state index contributed by atoms with van der Waals surface area (Å²) in [6.07, 6.45) is 2.64. The zero-order chi connectivity index (χ0) is 14.5. The third kappa shape index (κ3) is 3.23.